The minimum absolute atomic E-state index is 0.346. The Bertz CT molecular complexity index is 830. The number of hydrogen-bond donors (Lipinski definition) is 2. The summed E-state index contributed by atoms with van der Waals surface area (Å²) in [6.45, 7) is 4.26. The SMILES string of the molecule is Cc1nc(-c2ccncc2)nc(NCC(O)c2cnn(C)c2)c1C. The van der Waals surface area contributed by atoms with Crippen molar-refractivity contribution in [2.24, 2.45) is 7.05 Å². The van der Waals surface area contributed by atoms with Crippen LogP contribution < -0.4 is 5.32 Å². The minimum atomic E-state index is -0.655. The van der Waals surface area contributed by atoms with Gasteiger partial charge in [-0.1, -0.05) is 0 Å². The van der Waals surface area contributed by atoms with Gasteiger partial charge in [0.15, 0.2) is 5.82 Å². The molecule has 3 heterocycles. The molecular weight excluding hydrogens is 304 g/mol. The van der Waals surface area contributed by atoms with Crippen LogP contribution in [0.1, 0.15) is 22.9 Å². The Labute approximate surface area is 140 Å². The summed E-state index contributed by atoms with van der Waals surface area (Å²) in [5, 5.41) is 17.6. The van der Waals surface area contributed by atoms with Crippen molar-refractivity contribution in [1.29, 1.82) is 0 Å². The van der Waals surface area contributed by atoms with Crippen LogP contribution in [0.4, 0.5) is 5.82 Å². The summed E-state index contributed by atoms with van der Waals surface area (Å²) in [7, 11) is 1.82. The van der Waals surface area contributed by atoms with Crippen LogP contribution in [0.15, 0.2) is 36.9 Å². The third-order valence-electron chi connectivity index (χ3n) is 3.90. The summed E-state index contributed by atoms with van der Waals surface area (Å²) in [6, 6.07) is 3.75. The number of aryl methyl sites for hydroxylation is 2. The topological polar surface area (TPSA) is 88.8 Å². The van der Waals surface area contributed by atoms with E-state index in [-0.39, 0.29) is 0 Å². The van der Waals surface area contributed by atoms with E-state index in [0.29, 0.717) is 12.4 Å². The van der Waals surface area contributed by atoms with Gasteiger partial charge >= 0.3 is 0 Å². The molecule has 3 aromatic rings. The number of aliphatic hydroxyl groups is 1. The molecule has 1 unspecified atom stereocenters. The second-order valence-corrected chi connectivity index (χ2v) is 5.69. The molecule has 1 atom stereocenters. The second-order valence-electron chi connectivity index (χ2n) is 5.69. The number of rotatable bonds is 5. The number of aromatic nitrogens is 5. The molecule has 3 rings (SSSR count). The summed E-state index contributed by atoms with van der Waals surface area (Å²) in [4.78, 5) is 13.1. The van der Waals surface area contributed by atoms with E-state index in [2.05, 4.69) is 25.4 Å². The monoisotopic (exact) mass is 324 g/mol. The zero-order valence-electron chi connectivity index (χ0n) is 13.9. The molecule has 0 spiro atoms. The van der Waals surface area contributed by atoms with E-state index in [4.69, 9.17) is 0 Å². The van der Waals surface area contributed by atoms with Crippen LogP contribution in [0.25, 0.3) is 11.4 Å². The number of pyridine rings is 1. The average molecular weight is 324 g/mol. The maximum atomic E-state index is 10.3. The molecule has 0 aliphatic heterocycles. The van der Waals surface area contributed by atoms with Crippen molar-refractivity contribution in [2.45, 2.75) is 20.0 Å². The first kappa shape index (κ1) is 16.1. The highest BCUT2D eigenvalue weighted by Gasteiger charge is 2.13. The normalized spacial score (nSPS) is 12.2. The van der Waals surface area contributed by atoms with Gasteiger partial charge < -0.3 is 10.4 Å². The van der Waals surface area contributed by atoms with Gasteiger partial charge in [-0.2, -0.15) is 5.10 Å². The van der Waals surface area contributed by atoms with Crippen LogP contribution in [0, 0.1) is 13.8 Å². The Hall–Kier alpha value is -2.80. The number of nitrogens with zero attached hydrogens (tertiary/aromatic N) is 5. The Kier molecular flexibility index (Phi) is 4.52. The van der Waals surface area contributed by atoms with E-state index >= 15 is 0 Å². The lowest BCUT2D eigenvalue weighted by Crippen LogP contribution is -2.14. The Morgan fingerprint density at radius 2 is 1.96 bits per heavy atom. The molecule has 0 amide bonds. The highest BCUT2D eigenvalue weighted by Crippen LogP contribution is 2.22. The smallest absolute Gasteiger partial charge is 0.161 e. The number of nitrogens with one attached hydrogen (secondary N) is 1. The molecular formula is C17H20N6O. The third-order valence-corrected chi connectivity index (χ3v) is 3.90. The van der Waals surface area contributed by atoms with E-state index in [1.165, 1.54) is 0 Å². The van der Waals surface area contributed by atoms with Gasteiger partial charge in [0.1, 0.15) is 5.82 Å². The lowest BCUT2D eigenvalue weighted by Gasteiger charge is -2.14. The molecule has 0 bridgehead atoms. The van der Waals surface area contributed by atoms with E-state index in [9.17, 15) is 5.11 Å². The fraction of sp³-hybridized carbons (Fsp3) is 0.294. The first-order valence-electron chi connectivity index (χ1n) is 7.70. The lowest BCUT2D eigenvalue weighted by molar-refractivity contribution is 0.191. The maximum absolute atomic E-state index is 10.3. The van der Waals surface area contributed by atoms with Gasteiger partial charge in [-0.05, 0) is 26.0 Å². The predicted octanol–water partition coefficient (Wildman–Crippen LogP) is 2.03. The summed E-state index contributed by atoms with van der Waals surface area (Å²) < 4.78 is 1.67. The van der Waals surface area contributed by atoms with Gasteiger partial charge in [0.2, 0.25) is 0 Å². The van der Waals surface area contributed by atoms with Crippen LogP contribution in [0.2, 0.25) is 0 Å². The zero-order chi connectivity index (χ0) is 17.1. The lowest BCUT2D eigenvalue weighted by atomic mass is 10.2. The van der Waals surface area contributed by atoms with Gasteiger partial charge in [-0.25, -0.2) is 9.97 Å². The molecule has 2 N–H and O–H groups in total. The van der Waals surface area contributed by atoms with Crippen molar-refractivity contribution in [1.82, 2.24) is 24.7 Å². The Morgan fingerprint density at radius 1 is 1.21 bits per heavy atom. The maximum Gasteiger partial charge on any atom is 0.161 e. The molecule has 0 aromatic carbocycles. The minimum Gasteiger partial charge on any atom is -0.386 e. The molecule has 0 aliphatic carbocycles. The zero-order valence-corrected chi connectivity index (χ0v) is 13.9. The van der Waals surface area contributed by atoms with Crippen molar-refractivity contribution < 1.29 is 5.11 Å². The van der Waals surface area contributed by atoms with Gasteiger partial charge in [0, 0.05) is 54.6 Å². The number of hydrogen-bond acceptors (Lipinski definition) is 6. The van der Waals surface area contributed by atoms with Crippen LogP contribution in [0.3, 0.4) is 0 Å². The molecule has 0 saturated carbocycles. The molecule has 124 valence electrons. The fourth-order valence-corrected chi connectivity index (χ4v) is 2.35. The van der Waals surface area contributed by atoms with Crippen molar-refractivity contribution >= 4 is 5.82 Å². The largest absolute Gasteiger partial charge is 0.386 e. The predicted molar refractivity (Wildman–Crippen MR) is 91.4 cm³/mol. The van der Waals surface area contributed by atoms with Gasteiger partial charge in [-0.15, -0.1) is 0 Å². The summed E-state index contributed by atoms with van der Waals surface area (Å²) in [5.74, 6) is 1.36. The van der Waals surface area contributed by atoms with Crippen molar-refractivity contribution in [2.75, 3.05) is 11.9 Å². The molecule has 24 heavy (non-hydrogen) atoms. The molecule has 3 aromatic heterocycles. The van der Waals surface area contributed by atoms with Crippen LogP contribution in [-0.4, -0.2) is 36.4 Å². The molecule has 0 aliphatic rings. The quantitative estimate of drug-likeness (QED) is 0.746. The van der Waals surface area contributed by atoms with Crippen LogP contribution >= 0.6 is 0 Å². The second kappa shape index (κ2) is 6.76. The van der Waals surface area contributed by atoms with E-state index < -0.39 is 6.10 Å². The van der Waals surface area contributed by atoms with E-state index in [1.807, 2.05) is 33.0 Å². The molecule has 0 fully saturated rings. The molecule has 7 heteroatoms. The fourth-order valence-electron chi connectivity index (χ4n) is 2.35. The number of anilines is 1. The molecule has 0 saturated heterocycles. The summed E-state index contributed by atoms with van der Waals surface area (Å²) in [5.41, 5.74) is 3.54. The average Bonchev–Trinajstić information content (AvgIpc) is 3.03. The van der Waals surface area contributed by atoms with E-state index in [0.717, 1.165) is 28.2 Å². The Morgan fingerprint density at radius 3 is 2.62 bits per heavy atom. The first-order chi connectivity index (χ1) is 11.5. The highest BCUT2D eigenvalue weighted by molar-refractivity contribution is 5.59. The van der Waals surface area contributed by atoms with Crippen LogP contribution in [-0.2, 0) is 7.05 Å². The third kappa shape index (κ3) is 3.41. The standard InChI is InChI=1S/C17H20N6O/c1-11-12(2)21-17(13-4-6-18-7-5-13)22-16(11)19-9-15(24)14-8-20-23(3)10-14/h4-8,10,15,24H,9H2,1-3H3,(H,19,21,22). The van der Waals surface area contributed by atoms with Crippen molar-refractivity contribution in [3.63, 3.8) is 0 Å². The highest BCUT2D eigenvalue weighted by atomic mass is 16.3. The van der Waals surface area contributed by atoms with Crippen molar-refractivity contribution in [3.05, 3.63) is 53.7 Å². The first-order valence-corrected chi connectivity index (χ1v) is 7.70. The van der Waals surface area contributed by atoms with E-state index in [1.54, 1.807) is 29.5 Å². The van der Waals surface area contributed by atoms with Gasteiger partial charge in [-0.3, -0.25) is 9.67 Å². The van der Waals surface area contributed by atoms with Crippen LogP contribution in [0.5, 0.6) is 0 Å². The number of aliphatic hydroxyl groups excluding tert-OH is 1. The van der Waals surface area contributed by atoms with Crippen molar-refractivity contribution in [3.8, 4) is 11.4 Å². The summed E-state index contributed by atoms with van der Waals surface area (Å²) in [6.07, 6.45) is 6.23. The molecule has 0 radical (unpaired) electrons. The van der Waals surface area contributed by atoms with Gasteiger partial charge in [0.05, 0.1) is 12.3 Å². The summed E-state index contributed by atoms with van der Waals surface area (Å²) >= 11 is 0. The van der Waals surface area contributed by atoms with Gasteiger partial charge in [0.25, 0.3) is 0 Å². The molecule has 7 nitrogen and oxygen atoms in total. The Balaban J connectivity index is 1.81.